The van der Waals surface area contributed by atoms with Gasteiger partial charge in [0.2, 0.25) is 5.43 Å². The summed E-state index contributed by atoms with van der Waals surface area (Å²) in [7, 11) is 1.69. The second-order valence-corrected chi connectivity index (χ2v) is 5.91. The van der Waals surface area contributed by atoms with Crippen molar-refractivity contribution in [2.75, 3.05) is 5.32 Å². The standard InChI is InChI=1S/C19H17N3O3/c1-11-4-9-16-15(10-11)18(24)17(21-22(16)3)19(25)20-14-7-5-13(6-8-14)12(2)23/h4-10H,1-3H3,(H,20,25). The Morgan fingerprint density at radius 1 is 1.08 bits per heavy atom. The monoisotopic (exact) mass is 335 g/mol. The lowest BCUT2D eigenvalue weighted by molar-refractivity contribution is 0.101. The average Bonchev–Trinajstić information content (AvgIpc) is 2.58. The van der Waals surface area contributed by atoms with E-state index in [4.69, 9.17) is 0 Å². The normalized spacial score (nSPS) is 10.7. The lowest BCUT2D eigenvalue weighted by atomic mass is 10.1. The number of rotatable bonds is 3. The van der Waals surface area contributed by atoms with Crippen molar-refractivity contribution in [3.63, 3.8) is 0 Å². The molecule has 0 aliphatic heterocycles. The molecule has 0 atom stereocenters. The van der Waals surface area contributed by atoms with Crippen LogP contribution in [0.2, 0.25) is 0 Å². The summed E-state index contributed by atoms with van der Waals surface area (Å²) in [5, 5.41) is 7.21. The molecule has 126 valence electrons. The van der Waals surface area contributed by atoms with Crippen LogP contribution in [0.1, 0.15) is 33.3 Å². The number of anilines is 1. The molecule has 1 N–H and O–H groups in total. The molecule has 1 amide bonds. The van der Waals surface area contributed by atoms with Gasteiger partial charge in [0.25, 0.3) is 5.91 Å². The van der Waals surface area contributed by atoms with E-state index < -0.39 is 11.3 Å². The molecule has 0 saturated heterocycles. The van der Waals surface area contributed by atoms with Crippen molar-refractivity contribution in [1.29, 1.82) is 0 Å². The maximum Gasteiger partial charge on any atom is 0.280 e. The highest BCUT2D eigenvalue weighted by atomic mass is 16.2. The minimum Gasteiger partial charge on any atom is -0.320 e. The van der Waals surface area contributed by atoms with Gasteiger partial charge in [0.05, 0.1) is 10.9 Å². The fourth-order valence-corrected chi connectivity index (χ4v) is 2.62. The smallest absolute Gasteiger partial charge is 0.280 e. The largest absolute Gasteiger partial charge is 0.320 e. The third kappa shape index (κ3) is 3.19. The van der Waals surface area contributed by atoms with Gasteiger partial charge in [-0.15, -0.1) is 0 Å². The zero-order chi connectivity index (χ0) is 18.1. The minimum atomic E-state index is -0.584. The quantitative estimate of drug-likeness (QED) is 0.746. The van der Waals surface area contributed by atoms with Gasteiger partial charge >= 0.3 is 0 Å². The fraction of sp³-hybridized carbons (Fsp3) is 0.158. The molecular formula is C19H17N3O3. The first-order valence-corrected chi connectivity index (χ1v) is 7.77. The van der Waals surface area contributed by atoms with Crippen LogP contribution in [0.3, 0.4) is 0 Å². The van der Waals surface area contributed by atoms with Crippen LogP contribution in [-0.2, 0) is 7.05 Å². The number of nitrogens with one attached hydrogen (secondary N) is 1. The van der Waals surface area contributed by atoms with Gasteiger partial charge in [-0.3, -0.25) is 19.1 Å². The molecule has 1 aromatic heterocycles. The fourth-order valence-electron chi connectivity index (χ4n) is 2.62. The summed E-state index contributed by atoms with van der Waals surface area (Å²) in [5.41, 5.74) is 2.06. The predicted molar refractivity (Wildman–Crippen MR) is 96.1 cm³/mol. The number of hydrogen-bond acceptors (Lipinski definition) is 4. The molecule has 0 saturated carbocycles. The molecule has 0 radical (unpaired) electrons. The van der Waals surface area contributed by atoms with E-state index in [1.165, 1.54) is 11.6 Å². The van der Waals surface area contributed by atoms with Crippen LogP contribution in [0.5, 0.6) is 0 Å². The SMILES string of the molecule is CC(=O)c1ccc(NC(=O)c2nn(C)c3ccc(C)cc3c2=O)cc1. The van der Waals surface area contributed by atoms with E-state index >= 15 is 0 Å². The number of ketones is 1. The average molecular weight is 335 g/mol. The first-order chi connectivity index (χ1) is 11.9. The van der Waals surface area contributed by atoms with Crippen LogP contribution < -0.4 is 10.7 Å². The summed E-state index contributed by atoms with van der Waals surface area (Å²) in [6.07, 6.45) is 0. The van der Waals surface area contributed by atoms with Gasteiger partial charge in [0.1, 0.15) is 0 Å². The van der Waals surface area contributed by atoms with E-state index in [0.29, 0.717) is 22.2 Å². The van der Waals surface area contributed by atoms with Crippen molar-refractivity contribution in [1.82, 2.24) is 9.78 Å². The van der Waals surface area contributed by atoms with Gasteiger partial charge in [0, 0.05) is 18.3 Å². The van der Waals surface area contributed by atoms with Crippen LogP contribution in [-0.4, -0.2) is 21.5 Å². The topological polar surface area (TPSA) is 81.1 Å². The second-order valence-electron chi connectivity index (χ2n) is 5.91. The Balaban J connectivity index is 1.98. The predicted octanol–water partition coefficient (Wildman–Crippen LogP) is 2.70. The number of Topliss-reactive ketones (excluding diaryl/α,β-unsaturated/α-hetero) is 1. The summed E-state index contributed by atoms with van der Waals surface area (Å²) >= 11 is 0. The molecule has 0 unspecified atom stereocenters. The lowest BCUT2D eigenvalue weighted by Gasteiger charge is -2.09. The number of aromatic nitrogens is 2. The molecule has 6 nitrogen and oxygen atoms in total. The van der Waals surface area contributed by atoms with Gasteiger partial charge in [-0.05, 0) is 50.2 Å². The molecule has 1 heterocycles. The first kappa shape index (κ1) is 16.6. The number of carbonyl (C=O) groups is 2. The zero-order valence-electron chi connectivity index (χ0n) is 14.2. The van der Waals surface area contributed by atoms with Crippen molar-refractivity contribution in [3.8, 4) is 0 Å². The third-order valence-electron chi connectivity index (χ3n) is 3.97. The second kappa shape index (κ2) is 6.32. The Labute approximate surface area is 144 Å². The van der Waals surface area contributed by atoms with E-state index in [2.05, 4.69) is 10.4 Å². The molecule has 6 heteroatoms. The van der Waals surface area contributed by atoms with Gasteiger partial charge in [0.15, 0.2) is 11.5 Å². The molecular weight excluding hydrogens is 318 g/mol. The number of fused-ring (bicyclic) bond motifs is 1. The molecule has 0 aliphatic carbocycles. The Morgan fingerprint density at radius 3 is 2.40 bits per heavy atom. The van der Waals surface area contributed by atoms with Crippen molar-refractivity contribution in [2.45, 2.75) is 13.8 Å². The lowest BCUT2D eigenvalue weighted by Crippen LogP contribution is -2.26. The Morgan fingerprint density at radius 2 is 1.76 bits per heavy atom. The molecule has 2 aromatic carbocycles. The third-order valence-corrected chi connectivity index (χ3v) is 3.97. The highest BCUT2D eigenvalue weighted by Crippen LogP contribution is 2.13. The molecule has 3 rings (SSSR count). The van der Waals surface area contributed by atoms with Gasteiger partial charge in [-0.25, -0.2) is 0 Å². The van der Waals surface area contributed by atoms with Crippen LogP contribution in [0.25, 0.3) is 10.9 Å². The number of amides is 1. The molecule has 0 bridgehead atoms. The molecule has 0 spiro atoms. The number of carbonyl (C=O) groups excluding carboxylic acids is 2. The maximum atomic E-state index is 12.6. The van der Waals surface area contributed by atoms with E-state index in [1.54, 1.807) is 43.4 Å². The summed E-state index contributed by atoms with van der Waals surface area (Å²) in [4.78, 5) is 36.4. The molecule has 0 fully saturated rings. The zero-order valence-corrected chi connectivity index (χ0v) is 14.2. The van der Waals surface area contributed by atoms with E-state index in [0.717, 1.165) is 5.56 Å². The molecule has 25 heavy (non-hydrogen) atoms. The van der Waals surface area contributed by atoms with Crippen molar-refractivity contribution >= 4 is 28.3 Å². The van der Waals surface area contributed by atoms with Crippen molar-refractivity contribution in [3.05, 3.63) is 69.5 Å². The van der Waals surface area contributed by atoms with Crippen molar-refractivity contribution in [2.24, 2.45) is 7.05 Å². The van der Waals surface area contributed by atoms with Crippen LogP contribution >= 0.6 is 0 Å². The number of nitrogens with zero attached hydrogens (tertiary/aromatic N) is 2. The summed E-state index contributed by atoms with van der Waals surface area (Å²) in [6.45, 7) is 3.36. The van der Waals surface area contributed by atoms with E-state index in [9.17, 15) is 14.4 Å². The molecule has 3 aromatic rings. The highest BCUT2D eigenvalue weighted by molar-refractivity contribution is 6.04. The first-order valence-electron chi connectivity index (χ1n) is 7.77. The number of benzene rings is 2. The van der Waals surface area contributed by atoms with Crippen molar-refractivity contribution < 1.29 is 9.59 Å². The summed E-state index contributed by atoms with van der Waals surface area (Å²) in [6, 6.07) is 11.9. The maximum absolute atomic E-state index is 12.6. The molecule has 0 aliphatic rings. The van der Waals surface area contributed by atoms with Crippen LogP contribution in [0.4, 0.5) is 5.69 Å². The van der Waals surface area contributed by atoms with Gasteiger partial charge in [-0.2, -0.15) is 5.10 Å². The van der Waals surface area contributed by atoms with E-state index in [-0.39, 0.29) is 11.5 Å². The summed E-state index contributed by atoms with van der Waals surface area (Å²) < 4.78 is 1.52. The Bertz CT molecular complexity index is 1050. The number of hydrogen-bond donors (Lipinski definition) is 1. The van der Waals surface area contributed by atoms with Gasteiger partial charge in [-0.1, -0.05) is 11.6 Å². The van der Waals surface area contributed by atoms with E-state index in [1.807, 2.05) is 13.0 Å². The minimum absolute atomic E-state index is 0.0571. The van der Waals surface area contributed by atoms with Crippen LogP contribution in [0, 0.1) is 6.92 Å². The highest BCUT2D eigenvalue weighted by Gasteiger charge is 2.17. The Kier molecular flexibility index (Phi) is 4.19. The Hall–Kier alpha value is -3.28. The van der Waals surface area contributed by atoms with Crippen LogP contribution in [0.15, 0.2) is 47.3 Å². The number of aryl methyl sites for hydroxylation is 2. The summed E-state index contributed by atoms with van der Waals surface area (Å²) in [5.74, 6) is -0.641. The van der Waals surface area contributed by atoms with Gasteiger partial charge < -0.3 is 5.32 Å².